The summed E-state index contributed by atoms with van der Waals surface area (Å²) in [4.78, 5) is 0. The summed E-state index contributed by atoms with van der Waals surface area (Å²) in [5.41, 5.74) is 5.86. The molecule has 0 aliphatic heterocycles. The van der Waals surface area contributed by atoms with E-state index in [4.69, 9.17) is 0 Å². The molecule has 0 radical (unpaired) electrons. The van der Waals surface area contributed by atoms with Gasteiger partial charge in [-0.1, -0.05) is 68.1 Å². The Hall–Kier alpha value is -2.08. The molecule has 19 heavy (non-hydrogen) atoms. The molecule has 0 fully saturated rings. The van der Waals surface area contributed by atoms with Gasteiger partial charge in [-0.25, -0.2) is 0 Å². The molecule has 3 aromatic carbocycles. The Kier molecular flexibility index (Phi) is 2.87. The zero-order valence-corrected chi connectivity index (χ0v) is 10.2. The van der Waals surface area contributed by atoms with Gasteiger partial charge in [0, 0.05) is 0 Å². The first kappa shape index (κ1) is 12.0. The van der Waals surface area contributed by atoms with E-state index in [9.17, 15) is 0 Å². The van der Waals surface area contributed by atoms with Gasteiger partial charge in [-0.15, -0.1) is 0 Å². The Morgan fingerprint density at radius 2 is 1.37 bits per heavy atom. The van der Waals surface area contributed by atoms with Crippen LogP contribution in [-0.2, 0) is 12.8 Å². The van der Waals surface area contributed by atoms with Gasteiger partial charge in [-0.05, 0) is 45.9 Å². The Morgan fingerprint density at radius 3 is 2.32 bits per heavy atom. The third-order valence-electron chi connectivity index (χ3n) is 3.97. The van der Waals surface area contributed by atoms with E-state index in [1.807, 2.05) is 0 Å². The van der Waals surface area contributed by atoms with Crippen LogP contribution in [0, 0.1) is 0 Å². The first-order valence-electron chi connectivity index (χ1n) is 6.52. The highest BCUT2D eigenvalue weighted by molar-refractivity contribution is 5.99. The quantitative estimate of drug-likeness (QED) is 0.508. The minimum Gasteiger partial charge on any atom is -0.0776 e. The SMILES string of the molecule is C.c1ccc2c(c1)CCc1ccc3ccccc3c1-2. The molecule has 1 aliphatic rings. The lowest BCUT2D eigenvalue weighted by atomic mass is 9.83. The van der Waals surface area contributed by atoms with E-state index in [1.165, 1.54) is 39.4 Å². The second kappa shape index (κ2) is 4.55. The second-order valence-corrected chi connectivity index (χ2v) is 4.98. The highest BCUT2D eigenvalue weighted by Gasteiger charge is 2.17. The molecule has 4 rings (SSSR count). The number of aryl methyl sites for hydroxylation is 2. The number of hydrogen-bond acceptors (Lipinski definition) is 0. The lowest BCUT2D eigenvalue weighted by Crippen LogP contribution is -2.04. The smallest absolute Gasteiger partial charge is 0.00704 e. The fourth-order valence-electron chi connectivity index (χ4n) is 3.09. The molecule has 0 saturated carbocycles. The number of hydrogen-bond donors (Lipinski definition) is 0. The maximum absolute atomic E-state index is 2.30. The van der Waals surface area contributed by atoms with Crippen LogP contribution in [0.2, 0.25) is 0 Å². The van der Waals surface area contributed by atoms with Crippen LogP contribution in [0.3, 0.4) is 0 Å². The minimum absolute atomic E-state index is 0. The van der Waals surface area contributed by atoms with E-state index in [2.05, 4.69) is 60.7 Å². The summed E-state index contributed by atoms with van der Waals surface area (Å²) in [5, 5.41) is 2.73. The van der Waals surface area contributed by atoms with E-state index in [0.717, 1.165) is 6.42 Å². The summed E-state index contributed by atoms with van der Waals surface area (Å²) in [5.74, 6) is 0. The van der Waals surface area contributed by atoms with Gasteiger partial charge in [0.1, 0.15) is 0 Å². The van der Waals surface area contributed by atoms with Gasteiger partial charge < -0.3 is 0 Å². The molecule has 94 valence electrons. The lowest BCUT2D eigenvalue weighted by Gasteiger charge is -2.21. The van der Waals surface area contributed by atoms with E-state index in [0.29, 0.717) is 0 Å². The average molecular weight is 246 g/mol. The molecular weight excluding hydrogens is 228 g/mol. The molecule has 0 amide bonds. The van der Waals surface area contributed by atoms with E-state index >= 15 is 0 Å². The zero-order valence-electron chi connectivity index (χ0n) is 10.2. The molecular formula is C19H18. The molecule has 0 aromatic heterocycles. The van der Waals surface area contributed by atoms with Gasteiger partial charge in [0.15, 0.2) is 0 Å². The molecule has 0 heteroatoms. The maximum Gasteiger partial charge on any atom is -0.00704 e. The average Bonchev–Trinajstić information content (AvgIpc) is 2.46. The van der Waals surface area contributed by atoms with Crippen molar-refractivity contribution in [1.82, 2.24) is 0 Å². The highest BCUT2D eigenvalue weighted by Crippen LogP contribution is 2.38. The fraction of sp³-hybridized carbons (Fsp3) is 0.158. The van der Waals surface area contributed by atoms with Crippen molar-refractivity contribution in [3.05, 3.63) is 71.8 Å². The van der Waals surface area contributed by atoms with Crippen molar-refractivity contribution in [3.8, 4) is 11.1 Å². The van der Waals surface area contributed by atoms with Crippen LogP contribution in [0.5, 0.6) is 0 Å². The van der Waals surface area contributed by atoms with Crippen LogP contribution < -0.4 is 0 Å². The Morgan fingerprint density at radius 1 is 0.632 bits per heavy atom. The predicted octanol–water partition coefficient (Wildman–Crippen LogP) is 5.24. The minimum atomic E-state index is 0. The van der Waals surface area contributed by atoms with E-state index in [-0.39, 0.29) is 7.43 Å². The van der Waals surface area contributed by atoms with Crippen molar-refractivity contribution < 1.29 is 0 Å². The highest BCUT2D eigenvalue weighted by atomic mass is 14.2. The molecule has 0 bridgehead atoms. The predicted molar refractivity (Wildman–Crippen MR) is 83.5 cm³/mol. The molecule has 0 saturated heterocycles. The summed E-state index contributed by atoms with van der Waals surface area (Å²) in [6.45, 7) is 0. The van der Waals surface area contributed by atoms with Gasteiger partial charge in [0.2, 0.25) is 0 Å². The first-order valence-corrected chi connectivity index (χ1v) is 6.52. The largest absolute Gasteiger partial charge is 0.0776 e. The van der Waals surface area contributed by atoms with Crippen LogP contribution >= 0.6 is 0 Å². The van der Waals surface area contributed by atoms with Crippen LogP contribution in [0.1, 0.15) is 18.6 Å². The molecule has 1 aliphatic carbocycles. The number of rotatable bonds is 0. The van der Waals surface area contributed by atoms with Crippen molar-refractivity contribution in [2.45, 2.75) is 20.3 Å². The fourth-order valence-corrected chi connectivity index (χ4v) is 3.09. The Bertz CT molecular complexity index is 738. The molecule has 0 atom stereocenters. The Labute approximate surface area is 114 Å². The maximum atomic E-state index is 2.30. The number of benzene rings is 3. The summed E-state index contributed by atoms with van der Waals surface area (Å²) in [7, 11) is 0. The van der Waals surface area contributed by atoms with Crippen LogP contribution in [0.4, 0.5) is 0 Å². The third-order valence-corrected chi connectivity index (χ3v) is 3.97. The Balaban J connectivity index is 0.00000110. The van der Waals surface area contributed by atoms with Gasteiger partial charge in [0.05, 0.1) is 0 Å². The van der Waals surface area contributed by atoms with Gasteiger partial charge >= 0.3 is 0 Å². The molecule has 0 heterocycles. The summed E-state index contributed by atoms with van der Waals surface area (Å²) < 4.78 is 0. The van der Waals surface area contributed by atoms with Crippen LogP contribution in [-0.4, -0.2) is 0 Å². The van der Waals surface area contributed by atoms with Gasteiger partial charge in [-0.2, -0.15) is 0 Å². The van der Waals surface area contributed by atoms with Crippen molar-refractivity contribution >= 4 is 10.8 Å². The molecule has 0 spiro atoms. The van der Waals surface area contributed by atoms with Gasteiger partial charge in [-0.3, -0.25) is 0 Å². The van der Waals surface area contributed by atoms with Crippen molar-refractivity contribution in [2.24, 2.45) is 0 Å². The first-order chi connectivity index (χ1) is 8.93. The van der Waals surface area contributed by atoms with E-state index in [1.54, 1.807) is 0 Å². The molecule has 0 N–H and O–H groups in total. The second-order valence-electron chi connectivity index (χ2n) is 4.98. The zero-order chi connectivity index (χ0) is 11.9. The monoisotopic (exact) mass is 246 g/mol. The normalized spacial score (nSPS) is 12.4. The van der Waals surface area contributed by atoms with Crippen molar-refractivity contribution in [3.63, 3.8) is 0 Å². The molecule has 3 aromatic rings. The summed E-state index contributed by atoms with van der Waals surface area (Å²) in [6, 6.07) is 22.1. The van der Waals surface area contributed by atoms with Crippen molar-refractivity contribution in [2.75, 3.05) is 0 Å². The summed E-state index contributed by atoms with van der Waals surface area (Å²) in [6.07, 6.45) is 2.33. The van der Waals surface area contributed by atoms with E-state index < -0.39 is 0 Å². The number of fused-ring (bicyclic) bond motifs is 5. The molecule has 0 unspecified atom stereocenters. The van der Waals surface area contributed by atoms with Gasteiger partial charge in [0.25, 0.3) is 0 Å². The molecule has 0 nitrogen and oxygen atoms in total. The standard InChI is InChI=1S/C18H14.CH4/c1-3-7-16-13(5-1)9-11-15-12-10-14-6-2-4-8-17(14)18(15)16;/h1-9,11H,10,12H2;1H4. The van der Waals surface area contributed by atoms with Crippen LogP contribution in [0.25, 0.3) is 21.9 Å². The lowest BCUT2D eigenvalue weighted by molar-refractivity contribution is 0.945. The van der Waals surface area contributed by atoms with Crippen molar-refractivity contribution in [1.29, 1.82) is 0 Å². The van der Waals surface area contributed by atoms with Crippen LogP contribution in [0.15, 0.2) is 60.7 Å². The topological polar surface area (TPSA) is 0 Å². The third kappa shape index (κ3) is 1.76. The summed E-state index contributed by atoms with van der Waals surface area (Å²) >= 11 is 0.